The van der Waals surface area contributed by atoms with E-state index in [1.807, 2.05) is 26.1 Å². The van der Waals surface area contributed by atoms with Gasteiger partial charge in [-0.25, -0.2) is 9.67 Å². The predicted molar refractivity (Wildman–Crippen MR) is 59.9 cm³/mol. The Kier molecular flexibility index (Phi) is 4.47. The molecule has 0 unspecified atom stereocenters. The fraction of sp³-hybridized carbons (Fsp3) is 0.364. The molecule has 0 aromatic carbocycles. The predicted octanol–water partition coefficient (Wildman–Crippen LogP) is 2.25. The van der Waals surface area contributed by atoms with E-state index in [9.17, 15) is 0 Å². The molecule has 0 saturated heterocycles. The lowest BCUT2D eigenvalue weighted by Gasteiger charge is -2.00. The molecule has 80 valence electrons. The first-order chi connectivity index (χ1) is 7.40. The zero-order chi connectivity index (χ0) is 11.1. The van der Waals surface area contributed by atoms with E-state index in [1.54, 1.807) is 23.3 Å². The molecular weight excluding hydrogens is 188 g/mol. The molecule has 0 saturated carbocycles. The number of aromatic nitrogens is 4. The highest BCUT2D eigenvalue weighted by molar-refractivity contribution is 5.17. The maximum Gasteiger partial charge on any atom is 0.172 e. The van der Waals surface area contributed by atoms with Crippen molar-refractivity contribution in [2.45, 2.75) is 27.2 Å². The molecular formula is C11H16N4. The number of nitrogens with zero attached hydrogens (tertiary/aromatic N) is 4. The summed E-state index contributed by atoms with van der Waals surface area (Å²) in [5, 5.41) is 4.08. The van der Waals surface area contributed by atoms with Gasteiger partial charge >= 0.3 is 0 Å². The normalized spacial score (nSPS) is 9.27. The Bertz CT molecular complexity index is 381. The summed E-state index contributed by atoms with van der Waals surface area (Å²) in [5.41, 5.74) is 0.980. The van der Waals surface area contributed by atoms with Gasteiger partial charge in [-0.1, -0.05) is 20.8 Å². The molecule has 0 bridgehead atoms. The first kappa shape index (κ1) is 11.4. The summed E-state index contributed by atoms with van der Waals surface area (Å²) in [7, 11) is 0. The summed E-state index contributed by atoms with van der Waals surface area (Å²) >= 11 is 0. The summed E-state index contributed by atoms with van der Waals surface area (Å²) in [5.74, 6) is 0.768. The first-order valence-corrected chi connectivity index (χ1v) is 5.21. The van der Waals surface area contributed by atoms with Gasteiger partial charge in [0, 0.05) is 18.6 Å². The van der Waals surface area contributed by atoms with Gasteiger partial charge in [0.2, 0.25) is 0 Å². The van der Waals surface area contributed by atoms with E-state index in [0.717, 1.165) is 17.9 Å². The van der Waals surface area contributed by atoms with E-state index in [1.165, 1.54) is 0 Å². The van der Waals surface area contributed by atoms with Crippen LogP contribution in [0.5, 0.6) is 0 Å². The third-order valence-corrected chi connectivity index (χ3v) is 1.77. The number of aryl methyl sites for hydroxylation is 1. The second kappa shape index (κ2) is 5.90. The van der Waals surface area contributed by atoms with Crippen molar-refractivity contribution in [3.63, 3.8) is 0 Å². The standard InChI is InChI=1S/C9H10N4.C2H6/c1-2-8-6-10-7-9(12-8)13-5-3-4-11-13;1-2/h3-7H,2H2,1H3;1-2H3. The van der Waals surface area contributed by atoms with Crippen LogP contribution in [0.3, 0.4) is 0 Å². The van der Waals surface area contributed by atoms with Crippen LogP contribution in [-0.4, -0.2) is 19.7 Å². The van der Waals surface area contributed by atoms with Crippen LogP contribution < -0.4 is 0 Å². The zero-order valence-corrected chi connectivity index (χ0v) is 9.38. The van der Waals surface area contributed by atoms with Crippen molar-refractivity contribution in [1.29, 1.82) is 0 Å². The van der Waals surface area contributed by atoms with E-state index in [-0.39, 0.29) is 0 Å². The molecule has 4 nitrogen and oxygen atoms in total. The average Bonchev–Trinajstić information content (AvgIpc) is 2.85. The van der Waals surface area contributed by atoms with Gasteiger partial charge in [0.25, 0.3) is 0 Å². The first-order valence-electron chi connectivity index (χ1n) is 5.21. The van der Waals surface area contributed by atoms with Gasteiger partial charge in [-0.2, -0.15) is 5.10 Å². The molecule has 0 atom stereocenters. The minimum absolute atomic E-state index is 0.768. The summed E-state index contributed by atoms with van der Waals surface area (Å²) in [4.78, 5) is 8.46. The van der Waals surface area contributed by atoms with Crippen LogP contribution in [0.2, 0.25) is 0 Å². The van der Waals surface area contributed by atoms with Crippen molar-refractivity contribution >= 4 is 0 Å². The third-order valence-electron chi connectivity index (χ3n) is 1.77. The SMILES string of the molecule is CC.CCc1cncc(-n2cccn2)n1. The van der Waals surface area contributed by atoms with Gasteiger partial charge in [-0.05, 0) is 12.5 Å². The van der Waals surface area contributed by atoms with Crippen molar-refractivity contribution in [3.8, 4) is 5.82 Å². The quantitative estimate of drug-likeness (QED) is 0.753. The Morgan fingerprint density at radius 2 is 2.07 bits per heavy atom. The molecule has 0 fully saturated rings. The number of rotatable bonds is 2. The molecule has 0 amide bonds. The maximum absolute atomic E-state index is 4.37. The Balaban J connectivity index is 0.000000531. The molecule has 2 aromatic heterocycles. The molecule has 15 heavy (non-hydrogen) atoms. The van der Waals surface area contributed by atoms with Crippen molar-refractivity contribution < 1.29 is 0 Å². The van der Waals surface area contributed by atoms with Crippen LogP contribution in [0.25, 0.3) is 5.82 Å². The van der Waals surface area contributed by atoms with E-state index in [0.29, 0.717) is 0 Å². The lowest BCUT2D eigenvalue weighted by atomic mass is 10.3. The van der Waals surface area contributed by atoms with Gasteiger partial charge in [0.1, 0.15) is 0 Å². The average molecular weight is 204 g/mol. The molecule has 0 aliphatic heterocycles. The van der Waals surface area contributed by atoms with Crippen LogP contribution in [-0.2, 0) is 6.42 Å². The number of hydrogen-bond donors (Lipinski definition) is 0. The molecule has 2 rings (SSSR count). The van der Waals surface area contributed by atoms with Crippen LogP contribution in [0.1, 0.15) is 26.5 Å². The highest BCUT2D eigenvalue weighted by Gasteiger charge is 1.98. The van der Waals surface area contributed by atoms with Crippen LogP contribution in [0.4, 0.5) is 0 Å². The van der Waals surface area contributed by atoms with Gasteiger partial charge in [0.15, 0.2) is 5.82 Å². The van der Waals surface area contributed by atoms with Crippen molar-refractivity contribution in [2.24, 2.45) is 0 Å². The summed E-state index contributed by atoms with van der Waals surface area (Å²) in [6.07, 6.45) is 7.94. The largest absolute Gasteiger partial charge is 0.259 e. The van der Waals surface area contributed by atoms with Crippen molar-refractivity contribution in [1.82, 2.24) is 19.7 Å². The van der Waals surface area contributed by atoms with Gasteiger partial charge in [-0.3, -0.25) is 4.98 Å². The minimum Gasteiger partial charge on any atom is -0.259 e. The molecule has 0 spiro atoms. The molecule has 0 aliphatic carbocycles. The van der Waals surface area contributed by atoms with Gasteiger partial charge < -0.3 is 0 Å². The van der Waals surface area contributed by atoms with Crippen molar-refractivity contribution in [2.75, 3.05) is 0 Å². The summed E-state index contributed by atoms with van der Waals surface area (Å²) in [6, 6.07) is 1.86. The number of hydrogen-bond acceptors (Lipinski definition) is 3. The third kappa shape index (κ3) is 2.87. The lowest BCUT2D eigenvalue weighted by molar-refractivity contribution is 0.820. The molecule has 0 aliphatic rings. The summed E-state index contributed by atoms with van der Waals surface area (Å²) < 4.78 is 1.70. The smallest absolute Gasteiger partial charge is 0.172 e. The Labute approximate surface area is 90.0 Å². The Morgan fingerprint density at radius 1 is 1.27 bits per heavy atom. The van der Waals surface area contributed by atoms with E-state index in [4.69, 9.17) is 0 Å². The van der Waals surface area contributed by atoms with Crippen molar-refractivity contribution in [3.05, 3.63) is 36.5 Å². The second-order valence-corrected chi connectivity index (χ2v) is 2.67. The molecule has 2 aromatic rings. The minimum atomic E-state index is 0.768. The zero-order valence-electron chi connectivity index (χ0n) is 9.38. The fourth-order valence-electron chi connectivity index (χ4n) is 1.08. The monoisotopic (exact) mass is 204 g/mol. The van der Waals surface area contributed by atoms with E-state index >= 15 is 0 Å². The summed E-state index contributed by atoms with van der Waals surface area (Å²) in [6.45, 7) is 6.05. The highest BCUT2D eigenvalue weighted by Crippen LogP contribution is 2.01. The van der Waals surface area contributed by atoms with Crippen LogP contribution in [0, 0.1) is 0 Å². The fourth-order valence-corrected chi connectivity index (χ4v) is 1.08. The van der Waals surface area contributed by atoms with E-state index < -0.39 is 0 Å². The van der Waals surface area contributed by atoms with E-state index in [2.05, 4.69) is 22.0 Å². The second-order valence-electron chi connectivity index (χ2n) is 2.67. The molecule has 0 radical (unpaired) electrons. The van der Waals surface area contributed by atoms with Crippen LogP contribution >= 0.6 is 0 Å². The molecule has 4 heteroatoms. The Morgan fingerprint density at radius 3 is 2.67 bits per heavy atom. The highest BCUT2D eigenvalue weighted by atomic mass is 15.3. The lowest BCUT2D eigenvalue weighted by Crippen LogP contribution is -2.01. The van der Waals surface area contributed by atoms with Gasteiger partial charge in [-0.15, -0.1) is 0 Å². The Hall–Kier alpha value is -1.71. The maximum atomic E-state index is 4.37. The molecule has 2 heterocycles. The van der Waals surface area contributed by atoms with Gasteiger partial charge in [0.05, 0.1) is 11.9 Å². The topological polar surface area (TPSA) is 43.6 Å². The molecule has 0 N–H and O–H groups in total. The van der Waals surface area contributed by atoms with Crippen LogP contribution in [0.15, 0.2) is 30.9 Å².